The Hall–Kier alpha value is -2.34. The minimum atomic E-state index is -3.92. The highest BCUT2D eigenvalue weighted by Crippen LogP contribution is 2.28. The Kier molecular flexibility index (Phi) is 7.99. The topological polar surface area (TPSA) is 110 Å². The molecule has 1 amide bonds. The number of rotatable bonds is 9. The molecule has 170 valence electrons. The second kappa shape index (κ2) is 10.5. The molecule has 2 N–H and O–H groups in total. The third kappa shape index (κ3) is 5.91. The minimum Gasteiger partial charge on any atom is -0.497 e. The number of methoxy groups -OCH3 is 1. The average molecular weight is 539 g/mol. The van der Waals surface area contributed by atoms with Crippen LogP contribution in [0, 0.1) is 5.92 Å². The number of benzene rings is 2. The summed E-state index contributed by atoms with van der Waals surface area (Å²) in [5.74, 6) is -0.199. The number of anilines is 1. The molecule has 1 aromatic heterocycles. The first-order valence-corrected chi connectivity index (χ1v) is 12.9. The summed E-state index contributed by atoms with van der Waals surface area (Å²) in [6.45, 7) is 3.71. The Balaban J connectivity index is 1.77. The van der Waals surface area contributed by atoms with Crippen molar-refractivity contribution in [1.82, 2.24) is 14.9 Å². The van der Waals surface area contributed by atoms with E-state index in [9.17, 15) is 13.2 Å². The predicted molar refractivity (Wildman–Crippen MR) is 128 cm³/mol. The van der Waals surface area contributed by atoms with Crippen LogP contribution in [0.1, 0.15) is 20.3 Å². The molecule has 2 atom stereocenters. The van der Waals surface area contributed by atoms with Crippen LogP contribution in [0.4, 0.5) is 5.13 Å². The molecule has 1 heterocycles. The number of sulfonamides is 1. The van der Waals surface area contributed by atoms with E-state index in [1.807, 2.05) is 38.1 Å². The summed E-state index contributed by atoms with van der Waals surface area (Å²) in [6, 6.07) is 12.6. The van der Waals surface area contributed by atoms with Gasteiger partial charge in [-0.3, -0.25) is 10.1 Å². The van der Waals surface area contributed by atoms with Gasteiger partial charge in [0.25, 0.3) is 0 Å². The van der Waals surface area contributed by atoms with E-state index in [-0.39, 0.29) is 10.8 Å². The fourth-order valence-electron chi connectivity index (χ4n) is 2.82. The molecule has 2 unspecified atom stereocenters. The van der Waals surface area contributed by atoms with Crippen LogP contribution in [0.5, 0.6) is 5.75 Å². The number of carbonyl (C=O) groups excluding carboxylic acids is 1. The highest BCUT2D eigenvalue weighted by molar-refractivity contribution is 9.10. The molecule has 0 saturated heterocycles. The van der Waals surface area contributed by atoms with Gasteiger partial charge in [-0.05, 0) is 42.3 Å². The maximum absolute atomic E-state index is 13.0. The molecule has 32 heavy (non-hydrogen) atoms. The van der Waals surface area contributed by atoms with Gasteiger partial charge in [0.2, 0.25) is 21.1 Å². The molecular weight excluding hydrogens is 516 g/mol. The quantitative estimate of drug-likeness (QED) is 0.420. The lowest BCUT2D eigenvalue weighted by Crippen LogP contribution is -2.47. The van der Waals surface area contributed by atoms with E-state index in [1.54, 1.807) is 12.1 Å². The zero-order chi connectivity index (χ0) is 23.3. The van der Waals surface area contributed by atoms with Crippen molar-refractivity contribution in [1.29, 1.82) is 0 Å². The SMILES string of the molecule is CCC(C)C(NS(=O)(=O)c1ccc(OC)cc1)C(=O)Nc1nnc(-c2ccc(Br)cc2)s1. The average Bonchev–Trinajstić information content (AvgIpc) is 3.25. The lowest BCUT2D eigenvalue weighted by Gasteiger charge is -2.22. The van der Waals surface area contributed by atoms with E-state index >= 15 is 0 Å². The van der Waals surface area contributed by atoms with E-state index in [1.165, 1.54) is 30.6 Å². The molecule has 3 rings (SSSR count). The zero-order valence-electron chi connectivity index (χ0n) is 17.7. The summed E-state index contributed by atoms with van der Waals surface area (Å²) in [4.78, 5) is 13.0. The second-order valence-electron chi connectivity index (χ2n) is 7.07. The van der Waals surface area contributed by atoms with Crippen molar-refractivity contribution in [2.45, 2.75) is 31.2 Å². The van der Waals surface area contributed by atoms with Gasteiger partial charge in [-0.25, -0.2) is 8.42 Å². The number of nitrogens with one attached hydrogen (secondary N) is 2. The molecule has 3 aromatic rings. The van der Waals surface area contributed by atoms with Crippen molar-refractivity contribution in [2.75, 3.05) is 12.4 Å². The lowest BCUT2D eigenvalue weighted by molar-refractivity contribution is -0.118. The molecule has 0 bridgehead atoms. The number of amides is 1. The van der Waals surface area contributed by atoms with Crippen molar-refractivity contribution < 1.29 is 17.9 Å². The molecular formula is C21H23BrN4O4S2. The van der Waals surface area contributed by atoms with E-state index in [0.717, 1.165) is 10.0 Å². The molecule has 8 nitrogen and oxygen atoms in total. The van der Waals surface area contributed by atoms with Crippen molar-refractivity contribution in [2.24, 2.45) is 5.92 Å². The van der Waals surface area contributed by atoms with Crippen LogP contribution in [0.15, 0.2) is 57.9 Å². The molecule has 2 aromatic carbocycles. The van der Waals surface area contributed by atoms with Crippen molar-refractivity contribution in [3.63, 3.8) is 0 Å². The van der Waals surface area contributed by atoms with Gasteiger partial charge in [0.15, 0.2) is 0 Å². The molecule has 0 aliphatic carbocycles. The normalized spacial score (nSPS) is 13.4. The van der Waals surface area contributed by atoms with Crippen molar-refractivity contribution in [3.05, 3.63) is 53.0 Å². The van der Waals surface area contributed by atoms with Gasteiger partial charge in [-0.15, -0.1) is 10.2 Å². The molecule has 11 heteroatoms. The largest absolute Gasteiger partial charge is 0.497 e. The third-order valence-electron chi connectivity index (χ3n) is 4.89. The van der Waals surface area contributed by atoms with Gasteiger partial charge in [-0.2, -0.15) is 4.72 Å². The third-order valence-corrected chi connectivity index (χ3v) is 7.77. The van der Waals surface area contributed by atoms with E-state index in [2.05, 4.69) is 36.2 Å². The number of aromatic nitrogens is 2. The first-order valence-electron chi connectivity index (χ1n) is 9.80. The fraction of sp³-hybridized carbons (Fsp3) is 0.286. The van der Waals surface area contributed by atoms with Crippen LogP contribution in [-0.4, -0.2) is 37.7 Å². The molecule has 0 aliphatic heterocycles. The minimum absolute atomic E-state index is 0.0489. The summed E-state index contributed by atoms with van der Waals surface area (Å²) in [5.41, 5.74) is 0.866. The number of carbonyl (C=O) groups is 1. The summed E-state index contributed by atoms with van der Waals surface area (Å²) < 4.78 is 34.3. The van der Waals surface area contributed by atoms with Gasteiger partial charge < -0.3 is 4.74 Å². The first-order chi connectivity index (χ1) is 15.2. The van der Waals surface area contributed by atoms with Crippen LogP contribution < -0.4 is 14.8 Å². The van der Waals surface area contributed by atoms with Gasteiger partial charge >= 0.3 is 0 Å². The molecule has 0 spiro atoms. The lowest BCUT2D eigenvalue weighted by atomic mass is 9.99. The molecule has 0 aliphatic rings. The Morgan fingerprint density at radius 3 is 2.38 bits per heavy atom. The smallest absolute Gasteiger partial charge is 0.244 e. The van der Waals surface area contributed by atoms with Crippen molar-refractivity contribution in [3.8, 4) is 16.3 Å². The monoisotopic (exact) mass is 538 g/mol. The van der Waals surface area contributed by atoms with Crippen LogP contribution >= 0.6 is 27.3 Å². The number of halogens is 1. The van der Waals surface area contributed by atoms with Crippen LogP contribution in [-0.2, 0) is 14.8 Å². The number of hydrogen-bond acceptors (Lipinski definition) is 7. The Morgan fingerprint density at radius 2 is 1.78 bits per heavy atom. The molecule has 0 saturated carbocycles. The van der Waals surface area contributed by atoms with Crippen LogP contribution in [0.2, 0.25) is 0 Å². The Labute approximate surface area is 199 Å². The summed E-state index contributed by atoms with van der Waals surface area (Å²) in [6.07, 6.45) is 0.601. The maximum atomic E-state index is 13.0. The van der Waals surface area contributed by atoms with E-state index in [0.29, 0.717) is 22.3 Å². The Morgan fingerprint density at radius 1 is 1.12 bits per heavy atom. The predicted octanol–water partition coefficient (Wildman–Crippen LogP) is 4.31. The zero-order valence-corrected chi connectivity index (χ0v) is 20.9. The number of ether oxygens (including phenoxy) is 1. The van der Waals surface area contributed by atoms with Crippen LogP contribution in [0.25, 0.3) is 10.6 Å². The van der Waals surface area contributed by atoms with Crippen LogP contribution in [0.3, 0.4) is 0 Å². The second-order valence-corrected chi connectivity index (χ2v) is 10.7. The van der Waals surface area contributed by atoms with Gasteiger partial charge in [-0.1, -0.05) is 59.7 Å². The highest BCUT2D eigenvalue weighted by atomic mass is 79.9. The number of nitrogens with zero attached hydrogens (tertiary/aromatic N) is 2. The molecule has 0 radical (unpaired) electrons. The van der Waals surface area contributed by atoms with Gasteiger partial charge in [0, 0.05) is 10.0 Å². The fourth-order valence-corrected chi connectivity index (χ4v) is 5.14. The highest BCUT2D eigenvalue weighted by Gasteiger charge is 2.30. The van der Waals surface area contributed by atoms with Crippen molar-refractivity contribution >= 4 is 48.3 Å². The van der Waals surface area contributed by atoms with E-state index < -0.39 is 22.0 Å². The van der Waals surface area contributed by atoms with Gasteiger partial charge in [0.1, 0.15) is 16.8 Å². The maximum Gasteiger partial charge on any atom is 0.244 e. The summed E-state index contributed by atoms with van der Waals surface area (Å²) >= 11 is 4.60. The van der Waals surface area contributed by atoms with Gasteiger partial charge in [0.05, 0.1) is 12.0 Å². The summed E-state index contributed by atoms with van der Waals surface area (Å²) in [7, 11) is -2.42. The Bertz CT molecular complexity index is 1170. The molecule has 0 fully saturated rings. The number of hydrogen-bond donors (Lipinski definition) is 2. The standard InChI is InChI=1S/C21H23BrN4O4S2/c1-4-13(2)18(26-32(28,29)17-11-9-16(30-3)10-12-17)19(27)23-21-25-24-20(31-21)14-5-7-15(22)8-6-14/h5-13,18,26H,4H2,1-3H3,(H,23,25,27). The first kappa shape index (κ1) is 24.3. The summed E-state index contributed by atoms with van der Waals surface area (Å²) in [5, 5.41) is 11.8. The van der Waals surface area contributed by atoms with E-state index in [4.69, 9.17) is 4.74 Å².